The fourth-order valence-electron chi connectivity index (χ4n) is 9.78. The minimum atomic E-state index is -5.39. The molecule has 240 valence electrons. The molecule has 0 heterocycles. The van der Waals surface area contributed by atoms with Crippen LogP contribution in [0.5, 0.6) is 0 Å². The summed E-state index contributed by atoms with van der Waals surface area (Å²) < 4.78 is 14.4. The molecular formula is C31H47Na4O10P. The number of carbonyl (C=O) groups excluding carboxylic acids is 2. The standard InChI is InChI=1S/C31H48O6.4Na.H3O4P/c1-17(2)9-8-10-20(28(35)36)26-22-15-24(34)27-29(5)13-12-23(33)18(3)21(29)11-14-30(27,6)31(22,7)16-25(26)37-19(4)32;;;;;1-5(2,3)4/h9,18,21-25,27,33-34H,8,10-16H2,1-7H3,(H,35,36);;;;;(H3,1,2,3,4)/q;4*+1;/p-4/t18-,21?,22+,23+,24+,25-,27?,29-,30-,31-;;;;;/m0...../s1. The van der Waals surface area contributed by atoms with Crippen molar-refractivity contribution < 1.29 is 167 Å². The van der Waals surface area contributed by atoms with E-state index in [4.69, 9.17) is 24.0 Å². The van der Waals surface area contributed by atoms with Crippen LogP contribution in [0.3, 0.4) is 0 Å². The molecule has 4 aliphatic rings. The Morgan fingerprint density at radius 2 is 1.50 bits per heavy atom. The van der Waals surface area contributed by atoms with Crippen LogP contribution in [-0.2, 0) is 18.9 Å². The molecule has 4 aliphatic carbocycles. The van der Waals surface area contributed by atoms with E-state index in [1.54, 1.807) is 0 Å². The predicted octanol–water partition coefficient (Wildman–Crippen LogP) is -10.5. The van der Waals surface area contributed by atoms with Crippen molar-refractivity contribution >= 4 is 19.8 Å². The van der Waals surface area contributed by atoms with Gasteiger partial charge in [0.05, 0.1) is 18.2 Å². The molecule has 4 rings (SSSR count). The van der Waals surface area contributed by atoms with Gasteiger partial charge in [0.2, 0.25) is 0 Å². The maximum Gasteiger partial charge on any atom is 1.00 e. The van der Waals surface area contributed by atoms with E-state index in [9.17, 15) is 24.9 Å². The van der Waals surface area contributed by atoms with Gasteiger partial charge in [-0.05, 0) is 116 Å². The van der Waals surface area contributed by atoms with Crippen LogP contribution in [0.25, 0.3) is 0 Å². The zero-order valence-corrected chi connectivity index (χ0v) is 38.8. The van der Waals surface area contributed by atoms with Gasteiger partial charge in [-0.3, -0.25) is 4.79 Å². The molecule has 10 atom stereocenters. The van der Waals surface area contributed by atoms with Gasteiger partial charge < -0.3 is 44.1 Å². The number of carboxylic acids is 1. The molecule has 46 heavy (non-hydrogen) atoms. The third-order valence-corrected chi connectivity index (χ3v) is 11.6. The number of phosphoric acid groups is 1. The van der Waals surface area contributed by atoms with Gasteiger partial charge >= 0.3 is 124 Å². The van der Waals surface area contributed by atoms with Crippen LogP contribution in [0.4, 0.5) is 0 Å². The van der Waals surface area contributed by atoms with Crippen molar-refractivity contribution in [3.05, 3.63) is 22.8 Å². The van der Waals surface area contributed by atoms with Crippen LogP contribution in [0, 0.1) is 39.9 Å². The first kappa shape index (κ1) is 50.6. The van der Waals surface area contributed by atoms with Crippen molar-refractivity contribution in [1.82, 2.24) is 0 Å². The molecule has 4 saturated carbocycles. The Balaban J connectivity index is 0. The molecule has 10 nitrogen and oxygen atoms in total. The number of allylic oxidation sites excluding steroid dienone is 2. The van der Waals surface area contributed by atoms with Gasteiger partial charge in [0.1, 0.15) is 6.10 Å². The first-order chi connectivity index (χ1) is 19.2. The summed E-state index contributed by atoms with van der Waals surface area (Å²) >= 11 is 0. The molecular weight excluding hydrogens is 655 g/mol. The van der Waals surface area contributed by atoms with E-state index in [1.807, 2.05) is 19.9 Å². The summed E-state index contributed by atoms with van der Waals surface area (Å²) in [5, 5.41) is 35.0. The number of rotatable bonds is 5. The molecule has 0 amide bonds. The monoisotopic (exact) mass is 702 g/mol. The van der Waals surface area contributed by atoms with Gasteiger partial charge in [-0.2, -0.15) is 7.82 Å². The van der Waals surface area contributed by atoms with Crippen LogP contribution < -0.4 is 138 Å². The number of esters is 1. The summed E-state index contributed by atoms with van der Waals surface area (Å²) in [5.41, 5.74) is 1.31. The third kappa shape index (κ3) is 10.8. The third-order valence-electron chi connectivity index (χ3n) is 11.6. The van der Waals surface area contributed by atoms with E-state index < -0.39 is 32.0 Å². The van der Waals surface area contributed by atoms with E-state index in [1.165, 1.54) is 6.92 Å². The molecule has 4 fully saturated rings. The molecule has 0 aliphatic heterocycles. The summed E-state index contributed by atoms with van der Waals surface area (Å²) in [6, 6.07) is 0. The first-order valence-corrected chi connectivity index (χ1v) is 16.5. The fourth-order valence-corrected chi connectivity index (χ4v) is 9.78. The van der Waals surface area contributed by atoms with Gasteiger partial charge in [-0.15, -0.1) is 0 Å². The zero-order chi connectivity index (χ0) is 32.0. The molecule has 0 aromatic heterocycles. The summed E-state index contributed by atoms with van der Waals surface area (Å²) in [7, 11) is -5.39. The average molecular weight is 703 g/mol. The van der Waals surface area contributed by atoms with Crippen molar-refractivity contribution in [1.29, 1.82) is 0 Å². The van der Waals surface area contributed by atoms with E-state index in [0.717, 1.165) is 31.3 Å². The second-order valence-electron chi connectivity index (χ2n) is 14.1. The second-order valence-corrected chi connectivity index (χ2v) is 15.0. The van der Waals surface area contributed by atoms with Gasteiger partial charge in [-0.1, -0.05) is 39.3 Å². The Morgan fingerprint density at radius 3 is 1.98 bits per heavy atom. The maximum absolute atomic E-state index is 12.5. The summed E-state index contributed by atoms with van der Waals surface area (Å²) in [6.45, 7) is 14.4. The van der Waals surface area contributed by atoms with E-state index in [2.05, 4.69) is 27.7 Å². The van der Waals surface area contributed by atoms with Gasteiger partial charge in [0, 0.05) is 6.92 Å². The summed E-state index contributed by atoms with van der Waals surface area (Å²) in [5.74, 6) is -1.25. The molecule has 2 N–H and O–H groups in total. The molecule has 0 aromatic rings. The second kappa shape index (κ2) is 19.5. The number of hydrogen-bond donors (Lipinski definition) is 2. The van der Waals surface area contributed by atoms with Crippen molar-refractivity contribution in [2.45, 2.75) is 118 Å². The number of aliphatic hydroxyl groups excluding tert-OH is 2. The van der Waals surface area contributed by atoms with Crippen molar-refractivity contribution in [3.63, 3.8) is 0 Å². The smallest absolute Gasteiger partial charge is 0.822 e. The summed E-state index contributed by atoms with van der Waals surface area (Å²) in [6.07, 6.45) is 5.92. The first-order valence-electron chi connectivity index (χ1n) is 15.0. The van der Waals surface area contributed by atoms with E-state index in [0.29, 0.717) is 37.2 Å². The van der Waals surface area contributed by atoms with Crippen molar-refractivity contribution in [2.75, 3.05) is 0 Å². The molecule has 0 bridgehead atoms. The topological polar surface area (TPSA) is 193 Å². The van der Waals surface area contributed by atoms with Crippen LogP contribution in [-0.4, -0.2) is 40.5 Å². The molecule has 2 unspecified atom stereocenters. The fraction of sp³-hybridized carbons (Fsp3) is 0.806. The summed E-state index contributed by atoms with van der Waals surface area (Å²) in [4.78, 5) is 50.3. The normalized spacial score (nSPS) is 38.5. The van der Waals surface area contributed by atoms with Gasteiger partial charge in [0.15, 0.2) is 0 Å². The van der Waals surface area contributed by atoms with E-state index >= 15 is 0 Å². The van der Waals surface area contributed by atoms with Crippen LogP contribution >= 0.6 is 7.82 Å². The Labute approximate surface area is 363 Å². The molecule has 0 radical (unpaired) electrons. The Kier molecular flexibility index (Phi) is 21.4. The predicted molar refractivity (Wildman–Crippen MR) is 148 cm³/mol. The van der Waals surface area contributed by atoms with Crippen molar-refractivity contribution in [3.8, 4) is 0 Å². The Morgan fingerprint density at radius 1 is 0.957 bits per heavy atom. The number of fused-ring (bicyclic) bond motifs is 5. The van der Waals surface area contributed by atoms with Gasteiger partial charge in [-0.25, -0.2) is 0 Å². The number of aliphatic carboxylic acids is 1. The zero-order valence-electron chi connectivity index (χ0n) is 29.9. The minimum Gasteiger partial charge on any atom is -0.822 e. The average Bonchev–Trinajstić information content (AvgIpc) is 3.09. The van der Waals surface area contributed by atoms with Crippen LogP contribution in [0.15, 0.2) is 22.8 Å². The Bertz CT molecular complexity index is 1170. The number of ether oxygens (including phenoxy) is 1. The Hall–Kier alpha value is 2.45. The SMILES string of the molecule is CC(=O)O[C@H]1C[C@@]2(C)[C@H](C[C@@H](O)C3[C@@]4(C)CC[C@@H](O)[C@@H](C)C4CC[C@@]32C)C1=C(CCC=C(C)C)C(=O)[O-].O=P([O-])([O-])[O-].[Na+].[Na+].[Na+].[Na+]. The molecule has 15 heteroatoms. The molecule has 0 spiro atoms. The molecule has 0 aromatic carbocycles. The largest absolute Gasteiger partial charge is 1.00 e. The van der Waals surface area contributed by atoms with Gasteiger partial charge in [0.25, 0.3) is 0 Å². The quantitative estimate of drug-likeness (QED) is 0.0914. The maximum atomic E-state index is 12.5. The van der Waals surface area contributed by atoms with Crippen molar-refractivity contribution in [2.24, 2.45) is 39.9 Å². The number of carboxylic acid groups (broad SMARTS) is 1. The number of aliphatic hydroxyl groups is 2. The van der Waals surface area contributed by atoms with Crippen LogP contribution in [0.2, 0.25) is 0 Å². The van der Waals surface area contributed by atoms with Crippen LogP contribution in [0.1, 0.15) is 99.8 Å². The number of carbonyl (C=O) groups is 2. The molecule has 0 saturated heterocycles. The minimum absolute atomic E-state index is 0. The van der Waals surface area contributed by atoms with E-state index in [-0.39, 0.29) is 164 Å². The number of hydrogen-bond acceptors (Lipinski definition) is 10.